The Morgan fingerprint density at radius 3 is 2.52 bits per heavy atom. The van der Waals surface area contributed by atoms with Crippen molar-refractivity contribution in [3.8, 4) is 0 Å². The number of carbonyl (C=O) groups excluding carboxylic acids is 2. The lowest BCUT2D eigenvalue weighted by Gasteiger charge is -2.05. The predicted octanol–water partition coefficient (Wildman–Crippen LogP) is 2.90. The molecule has 2 amide bonds. The Bertz CT molecular complexity index is 1170. The maximum absolute atomic E-state index is 12.4. The van der Waals surface area contributed by atoms with Crippen LogP contribution in [0, 0.1) is 13.8 Å². The number of anilines is 2. The van der Waals surface area contributed by atoms with Crippen molar-refractivity contribution in [3.05, 3.63) is 57.4 Å². The number of nitrogens with one attached hydrogen (secondary N) is 2. The van der Waals surface area contributed by atoms with Gasteiger partial charge in [0.05, 0.1) is 22.6 Å². The molecule has 29 heavy (non-hydrogen) atoms. The van der Waals surface area contributed by atoms with Crippen LogP contribution in [0.2, 0.25) is 0 Å². The summed E-state index contributed by atoms with van der Waals surface area (Å²) in [5.74, 6) is -0.982. The van der Waals surface area contributed by atoms with Crippen molar-refractivity contribution in [2.45, 2.75) is 25.2 Å². The smallest absolute Gasteiger partial charge is 0.263 e. The summed E-state index contributed by atoms with van der Waals surface area (Å²) in [6.45, 7) is 3.61. The molecule has 2 aromatic heterocycles. The lowest BCUT2D eigenvalue weighted by molar-refractivity contribution is -0.115. The minimum Gasteiger partial charge on any atom is -0.365 e. The molecule has 0 spiro atoms. The Labute approximate surface area is 175 Å². The van der Waals surface area contributed by atoms with E-state index in [1.165, 1.54) is 23.5 Å². The molecule has 0 unspecified atom stereocenters. The van der Waals surface area contributed by atoms with E-state index in [2.05, 4.69) is 15.0 Å². The molecule has 152 valence electrons. The molecule has 1 aromatic carbocycles. The number of amides is 2. The average molecular weight is 451 g/mol. The van der Waals surface area contributed by atoms with E-state index >= 15 is 0 Å². The highest BCUT2D eigenvalue weighted by Crippen LogP contribution is 2.32. The minimum absolute atomic E-state index is 0.0717. The monoisotopic (exact) mass is 450 g/mol. The van der Waals surface area contributed by atoms with E-state index in [0.717, 1.165) is 21.8 Å². The van der Waals surface area contributed by atoms with E-state index in [1.54, 1.807) is 30.5 Å². The summed E-state index contributed by atoms with van der Waals surface area (Å²) in [5.41, 5.74) is 6.86. The molecule has 0 fully saturated rings. The number of aryl methyl sites for hydroxylation is 1. The third-order valence-corrected chi connectivity index (χ3v) is 7.47. The van der Waals surface area contributed by atoms with Crippen molar-refractivity contribution in [1.82, 2.24) is 4.98 Å². The number of carbonyl (C=O) groups is 2. The molecular formula is C18H18N4O4S3. The summed E-state index contributed by atoms with van der Waals surface area (Å²) in [4.78, 5) is 29.2. The second kappa shape index (κ2) is 8.31. The van der Waals surface area contributed by atoms with Crippen LogP contribution in [0.5, 0.6) is 0 Å². The fourth-order valence-corrected chi connectivity index (χ4v) is 5.62. The van der Waals surface area contributed by atoms with Crippen molar-refractivity contribution in [2.75, 3.05) is 10.0 Å². The second-order valence-corrected chi connectivity index (χ2v) is 9.90. The number of hydrogen-bond acceptors (Lipinski definition) is 7. The molecule has 0 aliphatic heterocycles. The zero-order valence-electron chi connectivity index (χ0n) is 15.6. The summed E-state index contributed by atoms with van der Waals surface area (Å²) in [5, 5.41) is 4.85. The SMILES string of the molecule is Cc1sc(NC(=O)Cc2csc(NS(=O)(=O)c3ccccc3)n2)c(C(N)=O)c1C. The van der Waals surface area contributed by atoms with E-state index < -0.39 is 15.9 Å². The first kappa shape index (κ1) is 21.0. The predicted molar refractivity (Wildman–Crippen MR) is 114 cm³/mol. The van der Waals surface area contributed by atoms with Gasteiger partial charge in [0.15, 0.2) is 5.13 Å². The van der Waals surface area contributed by atoms with Crippen LogP contribution in [0.15, 0.2) is 40.6 Å². The van der Waals surface area contributed by atoms with E-state index in [0.29, 0.717) is 16.3 Å². The Morgan fingerprint density at radius 2 is 1.86 bits per heavy atom. The summed E-state index contributed by atoms with van der Waals surface area (Å²) in [6.07, 6.45) is -0.0717. The number of aromatic nitrogens is 1. The van der Waals surface area contributed by atoms with Crippen LogP contribution in [0.1, 0.15) is 26.5 Å². The first-order chi connectivity index (χ1) is 13.7. The number of nitrogens with two attached hydrogens (primary N) is 1. The Balaban J connectivity index is 1.69. The number of benzene rings is 1. The first-order valence-corrected chi connectivity index (χ1v) is 11.6. The summed E-state index contributed by atoms with van der Waals surface area (Å²) < 4.78 is 27.1. The average Bonchev–Trinajstić information content (AvgIpc) is 3.19. The van der Waals surface area contributed by atoms with E-state index in [4.69, 9.17) is 5.73 Å². The standard InChI is InChI=1S/C18H18N4O4S3/c1-10-11(2)28-17(15(10)16(19)24)21-14(23)8-12-9-27-18(20-12)22-29(25,26)13-6-4-3-5-7-13/h3-7,9H,8H2,1-2H3,(H2,19,24)(H,20,22)(H,21,23). The highest BCUT2D eigenvalue weighted by molar-refractivity contribution is 7.93. The van der Waals surface area contributed by atoms with Gasteiger partial charge in [-0.3, -0.25) is 14.3 Å². The summed E-state index contributed by atoms with van der Waals surface area (Å²) >= 11 is 2.36. The van der Waals surface area contributed by atoms with Gasteiger partial charge in [0.2, 0.25) is 5.91 Å². The second-order valence-electron chi connectivity index (χ2n) is 6.14. The van der Waals surface area contributed by atoms with Gasteiger partial charge >= 0.3 is 0 Å². The van der Waals surface area contributed by atoms with Crippen LogP contribution >= 0.6 is 22.7 Å². The van der Waals surface area contributed by atoms with Crippen molar-refractivity contribution < 1.29 is 18.0 Å². The molecule has 2 heterocycles. The van der Waals surface area contributed by atoms with E-state index in [1.807, 2.05) is 6.92 Å². The number of sulfonamides is 1. The molecule has 8 nitrogen and oxygen atoms in total. The highest BCUT2D eigenvalue weighted by Gasteiger charge is 2.20. The molecule has 0 bridgehead atoms. The third kappa shape index (κ3) is 4.81. The molecule has 0 aliphatic carbocycles. The molecule has 4 N–H and O–H groups in total. The molecule has 0 saturated carbocycles. The van der Waals surface area contributed by atoms with Gasteiger partial charge in [-0.25, -0.2) is 13.4 Å². The first-order valence-electron chi connectivity index (χ1n) is 8.39. The van der Waals surface area contributed by atoms with Crippen molar-refractivity contribution in [3.63, 3.8) is 0 Å². The fourth-order valence-electron chi connectivity index (χ4n) is 2.56. The van der Waals surface area contributed by atoms with E-state index in [9.17, 15) is 18.0 Å². The maximum atomic E-state index is 12.4. The topological polar surface area (TPSA) is 131 Å². The van der Waals surface area contributed by atoms with Crippen LogP contribution in [-0.2, 0) is 21.2 Å². The molecule has 0 atom stereocenters. The van der Waals surface area contributed by atoms with Crippen LogP contribution in [0.25, 0.3) is 0 Å². The highest BCUT2D eigenvalue weighted by atomic mass is 32.2. The molecule has 0 radical (unpaired) electrons. The molecule has 11 heteroatoms. The van der Waals surface area contributed by atoms with Gasteiger partial charge in [0.1, 0.15) is 5.00 Å². The van der Waals surface area contributed by atoms with Gasteiger partial charge in [-0.2, -0.15) is 0 Å². The fraction of sp³-hybridized carbons (Fsp3) is 0.167. The molecule has 0 saturated heterocycles. The zero-order valence-corrected chi connectivity index (χ0v) is 18.0. The Morgan fingerprint density at radius 1 is 1.17 bits per heavy atom. The number of thiophene rings is 1. The van der Waals surface area contributed by atoms with Crippen LogP contribution in [-0.4, -0.2) is 25.2 Å². The number of rotatable bonds is 7. The largest absolute Gasteiger partial charge is 0.365 e. The quantitative estimate of drug-likeness (QED) is 0.509. The van der Waals surface area contributed by atoms with Gasteiger partial charge in [-0.05, 0) is 31.5 Å². The lowest BCUT2D eigenvalue weighted by Crippen LogP contribution is -2.18. The molecule has 3 rings (SSSR count). The Kier molecular flexibility index (Phi) is 6.01. The van der Waals surface area contributed by atoms with Gasteiger partial charge in [-0.15, -0.1) is 22.7 Å². The summed E-state index contributed by atoms with van der Waals surface area (Å²) in [7, 11) is -3.75. The van der Waals surface area contributed by atoms with Crippen molar-refractivity contribution in [2.24, 2.45) is 5.73 Å². The minimum atomic E-state index is -3.75. The number of nitrogens with zero attached hydrogens (tertiary/aromatic N) is 1. The number of hydrogen-bond donors (Lipinski definition) is 3. The van der Waals surface area contributed by atoms with Crippen molar-refractivity contribution in [1.29, 1.82) is 0 Å². The number of thiazole rings is 1. The Hall–Kier alpha value is -2.76. The van der Waals surface area contributed by atoms with E-state index in [-0.39, 0.29) is 22.4 Å². The maximum Gasteiger partial charge on any atom is 0.263 e. The van der Waals surface area contributed by atoms with Crippen LogP contribution < -0.4 is 15.8 Å². The van der Waals surface area contributed by atoms with Crippen LogP contribution in [0.3, 0.4) is 0 Å². The molecule has 3 aromatic rings. The summed E-state index contributed by atoms with van der Waals surface area (Å²) in [6, 6.07) is 7.93. The molecule has 0 aliphatic rings. The normalized spacial score (nSPS) is 11.2. The van der Waals surface area contributed by atoms with Gasteiger partial charge in [-0.1, -0.05) is 18.2 Å². The van der Waals surface area contributed by atoms with Gasteiger partial charge in [0, 0.05) is 10.3 Å². The lowest BCUT2D eigenvalue weighted by atomic mass is 10.1. The van der Waals surface area contributed by atoms with Crippen molar-refractivity contribution >= 4 is 54.6 Å². The van der Waals surface area contributed by atoms with Crippen LogP contribution in [0.4, 0.5) is 10.1 Å². The third-order valence-electron chi connectivity index (χ3n) is 4.05. The zero-order chi connectivity index (χ0) is 21.2. The van der Waals surface area contributed by atoms with Gasteiger partial charge in [0.25, 0.3) is 15.9 Å². The van der Waals surface area contributed by atoms with Gasteiger partial charge < -0.3 is 11.1 Å². The molecular weight excluding hydrogens is 432 g/mol. The number of primary amides is 1.